The smallest absolute Gasteiger partial charge is 0.0456 e. The fourth-order valence-electron chi connectivity index (χ4n) is 3.50. The van der Waals surface area contributed by atoms with Gasteiger partial charge in [-0.2, -0.15) is 0 Å². The molecule has 0 saturated heterocycles. The van der Waals surface area contributed by atoms with Gasteiger partial charge in [0, 0.05) is 22.9 Å². The zero-order valence-electron chi connectivity index (χ0n) is 14.6. The lowest BCUT2D eigenvalue weighted by Gasteiger charge is -2.11. The molecule has 2 heteroatoms. The number of hydrogen-bond donors (Lipinski definition) is 2. The van der Waals surface area contributed by atoms with Gasteiger partial charge >= 0.3 is 0 Å². The van der Waals surface area contributed by atoms with Gasteiger partial charge in [-0.25, -0.2) is 0 Å². The maximum absolute atomic E-state index is 3.59. The van der Waals surface area contributed by atoms with Gasteiger partial charge in [-0.15, -0.1) is 0 Å². The van der Waals surface area contributed by atoms with E-state index in [1.807, 2.05) is 6.20 Å². The van der Waals surface area contributed by atoms with Crippen LogP contribution in [0.25, 0.3) is 21.8 Å². The Morgan fingerprint density at radius 3 is 2.46 bits per heavy atom. The van der Waals surface area contributed by atoms with Gasteiger partial charge in [0.05, 0.1) is 0 Å². The minimum atomic E-state index is 0.482. The van der Waals surface area contributed by atoms with E-state index in [2.05, 4.69) is 79.3 Å². The summed E-state index contributed by atoms with van der Waals surface area (Å²) in [6.07, 6.45) is 3.03. The molecule has 0 bridgehead atoms. The van der Waals surface area contributed by atoms with Crippen molar-refractivity contribution in [1.29, 1.82) is 0 Å². The number of rotatable bonds is 4. The van der Waals surface area contributed by atoms with Gasteiger partial charge < -0.3 is 9.97 Å². The van der Waals surface area contributed by atoms with Crippen LogP contribution in [0.15, 0.2) is 54.7 Å². The van der Waals surface area contributed by atoms with E-state index in [4.69, 9.17) is 0 Å². The van der Waals surface area contributed by atoms with Gasteiger partial charge in [0.1, 0.15) is 0 Å². The molecule has 24 heavy (non-hydrogen) atoms. The second-order valence-corrected chi connectivity index (χ2v) is 7.23. The van der Waals surface area contributed by atoms with Crippen molar-refractivity contribution in [3.05, 3.63) is 71.5 Å². The highest BCUT2D eigenvalue weighted by Gasteiger charge is 2.11. The summed E-state index contributed by atoms with van der Waals surface area (Å²) in [5.74, 6) is 1.05. The van der Waals surface area contributed by atoms with E-state index in [0.29, 0.717) is 11.8 Å². The van der Waals surface area contributed by atoms with E-state index in [1.165, 1.54) is 38.6 Å². The van der Waals surface area contributed by atoms with Crippen molar-refractivity contribution < 1.29 is 0 Å². The van der Waals surface area contributed by atoms with Crippen LogP contribution in [0, 0.1) is 0 Å². The minimum Gasteiger partial charge on any atom is -0.361 e. The van der Waals surface area contributed by atoms with Crippen molar-refractivity contribution in [3.63, 3.8) is 0 Å². The predicted octanol–water partition coefficient (Wildman–Crippen LogP) is 6.12. The molecule has 0 spiro atoms. The third-order valence-electron chi connectivity index (χ3n) is 5.04. The summed E-state index contributed by atoms with van der Waals surface area (Å²) < 4.78 is 0. The Hall–Kier alpha value is -2.48. The van der Waals surface area contributed by atoms with Crippen LogP contribution in [0.1, 0.15) is 49.4 Å². The highest BCUT2D eigenvalue weighted by Crippen LogP contribution is 2.27. The Bertz CT molecular complexity index is 987. The summed E-state index contributed by atoms with van der Waals surface area (Å²) >= 11 is 0. The van der Waals surface area contributed by atoms with Crippen LogP contribution >= 0.6 is 0 Å². The fraction of sp³-hybridized carbons (Fsp3) is 0.273. The van der Waals surface area contributed by atoms with Crippen molar-refractivity contribution >= 4 is 21.8 Å². The molecule has 1 unspecified atom stereocenters. The highest BCUT2D eigenvalue weighted by molar-refractivity contribution is 5.81. The van der Waals surface area contributed by atoms with Crippen molar-refractivity contribution in [3.8, 4) is 0 Å². The monoisotopic (exact) mass is 316 g/mol. The Morgan fingerprint density at radius 1 is 0.792 bits per heavy atom. The van der Waals surface area contributed by atoms with E-state index in [-0.39, 0.29) is 0 Å². The maximum atomic E-state index is 3.59. The largest absolute Gasteiger partial charge is 0.361 e. The lowest BCUT2D eigenvalue weighted by Crippen LogP contribution is -1.98. The van der Waals surface area contributed by atoms with E-state index in [9.17, 15) is 0 Å². The van der Waals surface area contributed by atoms with Gasteiger partial charge in [-0.1, -0.05) is 39.0 Å². The molecule has 122 valence electrons. The number of aromatic nitrogens is 2. The molecular weight excluding hydrogens is 292 g/mol. The molecule has 4 aromatic rings. The molecule has 2 aromatic heterocycles. The fourth-order valence-corrected chi connectivity index (χ4v) is 3.50. The number of H-pyrrole nitrogens is 2. The molecule has 0 amide bonds. The van der Waals surface area contributed by atoms with Crippen LogP contribution < -0.4 is 0 Å². The predicted molar refractivity (Wildman–Crippen MR) is 103 cm³/mol. The highest BCUT2D eigenvalue weighted by atomic mass is 14.7. The maximum Gasteiger partial charge on any atom is 0.0456 e. The quantitative estimate of drug-likeness (QED) is 0.454. The zero-order valence-corrected chi connectivity index (χ0v) is 14.6. The summed E-state index contributed by atoms with van der Waals surface area (Å²) in [4.78, 5) is 6.90. The van der Waals surface area contributed by atoms with Gasteiger partial charge in [-0.3, -0.25) is 0 Å². The van der Waals surface area contributed by atoms with Crippen LogP contribution in [0.5, 0.6) is 0 Å². The Morgan fingerprint density at radius 2 is 1.62 bits per heavy atom. The normalized spacial score (nSPS) is 13.2. The van der Waals surface area contributed by atoms with Crippen molar-refractivity contribution in [2.24, 2.45) is 0 Å². The molecule has 0 radical (unpaired) electrons. The van der Waals surface area contributed by atoms with E-state index >= 15 is 0 Å². The lowest BCUT2D eigenvalue weighted by atomic mass is 9.95. The number of benzene rings is 2. The second kappa shape index (κ2) is 5.86. The average molecular weight is 316 g/mol. The van der Waals surface area contributed by atoms with Crippen LogP contribution in [-0.2, 0) is 6.42 Å². The average Bonchev–Trinajstić information content (AvgIpc) is 3.18. The van der Waals surface area contributed by atoms with Crippen molar-refractivity contribution in [1.82, 2.24) is 9.97 Å². The molecule has 0 fully saturated rings. The number of fused-ring (bicyclic) bond motifs is 2. The molecule has 0 aliphatic carbocycles. The van der Waals surface area contributed by atoms with Crippen LogP contribution in [0.3, 0.4) is 0 Å². The number of nitrogens with one attached hydrogen (secondary N) is 2. The molecule has 2 nitrogen and oxygen atoms in total. The molecule has 4 rings (SSSR count). The van der Waals surface area contributed by atoms with Crippen LogP contribution in [0.4, 0.5) is 0 Å². The van der Waals surface area contributed by atoms with Gasteiger partial charge in [0.25, 0.3) is 0 Å². The van der Waals surface area contributed by atoms with E-state index < -0.39 is 0 Å². The summed E-state index contributed by atoms with van der Waals surface area (Å²) in [5.41, 5.74) is 6.55. The van der Waals surface area contributed by atoms with Crippen molar-refractivity contribution in [2.75, 3.05) is 0 Å². The molecule has 0 aliphatic heterocycles. The standard InChI is InChI=1S/C22H24N2/c1-14(2)17-6-7-21-19(11-17)12-20(24-21)10-15(3)18-5-4-16-8-9-23-22(16)13-18/h4-9,11-15,23-24H,10H2,1-3H3. The van der Waals surface area contributed by atoms with Gasteiger partial charge in [-0.05, 0) is 70.5 Å². The zero-order chi connectivity index (χ0) is 16.7. The summed E-state index contributed by atoms with van der Waals surface area (Å²) in [7, 11) is 0. The molecule has 2 heterocycles. The Balaban J connectivity index is 1.60. The number of hydrogen-bond acceptors (Lipinski definition) is 0. The van der Waals surface area contributed by atoms with Crippen LogP contribution in [0.2, 0.25) is 0 Å². The van der Waals surface area contributed by atoms with Gasteiger partial charge in [0.15, 0.2) is 0 Å². The number of aromatic amines is 2. The third-order valence-corrected chi connectivity index (χ3v) is 5.04. The first-order valence-electron chi connectivity index (χ1n) is 8.79. The van der Waals surface area contributed by atoms with Gasteiger partial charge in [0.2, 0.25) is 0 Å². The second-order valence-electron chi connectivity index (χ2n) is 7.23. The van der Waals surface area contributed by atoms with E-state index in [0.717, 1.165) is 6.42 Å². The minimum absolute atomic E-state index is 0.482. The molecular formula is C22H24N2. The summed E-state index contributed by atoms with van der Waals surface area (Å²) in [6, 6.07) is 17.9. The Kier molecular flexibility index (Phi) is 3.68. The van der Waals surface area contributed by atoms with Crippen LogP contribution in [-0.4, -0.2) is 9.97 Å². The summed E-state index contributed by atoms with van der Waals surface area (Å²) in [5, 5.41) is 2.60. The molecule has 2 N–H and O–H groups in total. The molecule has 2 aromatic carbocycles. The summed E-state index contributed by atoms with van der Waals surface area (Å²) in [6.45, 7) is 6.79. The first-order chi connectivity index (χ1) is 11.6. The lowest BCUT2D eigenvalue weighted by molar-refractivity contribution is 0.747. The first-order valence-corrected chi connectivity index (χ1v) is 8.79. The topological polar surface area (TPSA) is 31.6 Å². The Labute approximate surface area is 142 Å². The molecule has 0 saturated carbocycles. The molecule has 1 atom stereocenters. The first kappa shape index (κ1) is 15.1. The SMILES string of the molecule is CC(C)c1ccc2[nH]c(CC(C)c3ccc4cc[nH]c4c3)cc2c1. The van der Waals surface area contributed by atoms with Crippen molar-refractivity contribution in [2.45, 2.75) is 39.0 Å². The molecule has 0 aliphatic rings. The third kappa shape index (κ3) is 2.73. The van der Waals surface area contributed by atoms with E-state index in [1.54, 1.807) is 0 Å².